The number of nitro groups is 1. The smallest absolute Gasteiger partial charge is 0.288 e. The molecule has 1 aromatic heterocycles. The van der Waals surface area contributed by atoms with Crippen molar-refractivity contribution >= 4 is 17.4 Å². The maximum Gasteiger partial charge on any atom is 0.288 e. The quantitative estimate of drug-likeness (QED) is 0.360. The molecule has 84 valence electrons. The van der Waals surface area contributed by atoms with E-state index in [1.807, 2.05) is 6.07 Å². The first kappa shape index (κ1) is 12.4. The molecule has 0 radical (unpaired) electrons. The fraction of sp³-hybridized carbons (Fsp3) is 0.333. The summed E-state index contributed by atoms with van der Waals surface area (Å²) in [5.74, 6) is 0.621. The lowest BCUT2D eigenvalue weighted by Crippen LogP contribution is -1.94. The van der Waals surface area contributed by atoms with Crippen molar-refractivity contribution < 1.29 is 10.0 Å². The minimum Gasteiger partial charge on any atom is -0.396 e. The number of thioether (sulfide) groups is 1. The predicted octanol–water partition coefficient (Wildman–Crippen LogP) is 1.34. The Bertz CT molecular complexity index is 430. The van der Waals surface area contributed by atoms with E-state index in [1.54, 1.807) is 0 Å². The van der Waals surface area contributed by atoms with Crippen molar-refractivity contribution in [3.05, 3.63) is 27.9 Å². The van der Waals surface area contributed by atoms with E-state index in [4.69, 9.17) is 10.4 Å². The van der Waals surface area contributed by atoms with Gasteiger partial charge in [-0.1, -0.05) is 0 Å². The van der Waals surface area contributed by atoms with Crippen molar-refractivity contribution in [2.75, 3.05) is 12.4 Å². The molecule has 0 aromatic carbocycles. The summed E-state index contributed by atoms with van der Waals surface area (Å²) < 4.78 is 0. The first-order valence-corrected chi connectivity index (χ1v) is 5.45. The van der Waals surface area contributed by atoms with Crippen LogP contribution in [0.5, 0.6) is 0 Å². The number of hydrogen-bond donors (Lipinski definition) is 1. The van der Waals surface area contributed by atoms with Crippen molar-refractivity contribution in [2.24, 2.45) is 0 Å². The summed E-state index contributed by atoms with van der Waals surface area (Å²) in [5.41, 5.74) is 0.000183. The highest BCUT2D eigenvalue weighted by atomic mass is 32.2. The van der Waals surface area contributed by atoms with E-state index in [9.17, 15) is 10.1 Å². The molecule has 0 atom stereocenters. The SMILES string of the molecule is N#Cc1cc([N+](=O)[O-])cnc1SCCCO. The van der Waals surface area contributed by atoms with Gasteiger partial charge in [0.2, 0.25) is 0 Å². The standard InChI is InChI=1S/C9H9N3O3S/c10-5-7-4-8(12(14)15)6-11-9(7)16-3-1-2-13/h4,6,13H,1-3H2. The molecule has 1 rings (SSSR count). The molecule has 1 N–H and O–H groups in total. The van der Waals surface area contributed by atoms with Gasteiger partial charge < -0.3 is 5.11 Å². The van der Waals surface area contributed by atoms with Gasteiger partial charge in [0.1, 0.15) is 17.3 Å². The summed E-state index contributed by atoms with van der Waals surface area (Å²) in [4.78, 5) is 13.7. The molecule has 0 amide bonds. The Labute approximate surface area is 96.1 Å². The van der Waals surface area contributed by atoms with Crippen LogP contribution in [0.4, 0.5) is 5.69 Å². The van der Waals surface area contributed by atoms with Gasteiger partial charge in [0.05, 0.1) is 10.5 Å². The first-order valence-electron chi connectivity index (χ1n) is 4.47. The van der Waals surface area contributed by atoms with E-state index >= 15 is 0 Å². The Morgan fingerprint density at radius 1 is 1.69 bits per heavy atom. The van der Waals surface area contributed by atoms with E-state index in [0.717, 1.165) is 6.20 Å². The number of rotatable bonds is 5. The van der Waals surface area contributed by atoms with Crippen LogP contribution in [0.1, 0.15) is 12.0 Å². The van der Waals surface area contributed by atoms with Crippen molar-refractivity contribution in [3.8, 4) is 6.07 Å². The lowest BCUT2D eigenvalue weighted by molar-refractivity contribution is -0.385. The van der Waals surface area contributed by atoms with Crippen LogP contribution < -0.4 is 0 Å². The zero-order valence-electron chi connectivity index (χ0n) is 8.29. The fourth-order valence-corrected chi connectivity index (χ4v) is 1.82. The minimum absolute atomic E-state index is 0.0713. The largest absolute Gasteiger partial charge is 0.396 e. The summed E-state index contributed by atoms with van der Waals surface area (Å²) in [7, 11) is 0. The van der Waals surface area contributed by atoms with Crippen LogP contribution in [0.15, 0.2) is 17.3 Å². The zero-order chi connectivity index (χ0) is 12.0. The average Bonchev–Trinajstić information content (AvgIpc) is 2.29. The second-order valence-electron chi connectivity index (χ2n) is 2.84. The first-order chi connectivity index (χ1) is 7.69. The second kappa shape index (κ2) is 6.05. The van der Waals surface area contributed by atoms with Gasteiger partial charge in [-0.3, -0.25) is 10.1 Å². The number of aromatic nitrogens is 1. The Balaban J connectivity index is 2.86. The molecular formula is C9H9N3O3S. The van der Waals surface area contributed by atoms with E-state index in [1.165, 1.54) is 17.8 Å². The normalized spacial score (nSPS) is 9.75. The van der Waals surface area contributed by atoms with E-state index in [-0.39, 0.29) is 17.9 Å². The van der Waals surface area contributed by atoms with Crippen LogP contribution in [0.3, 0.4) is 0 Å². The van der Waals surface area contributed by atoms with E-state index < -0.39 is 4.92 Å². The molecule has 0 aliphatic heterocycles. The topological polar surface area (TPSA) is 100 Å². The van der Waals surface area contributed by atoms with Crippen LogP contribution in [0.25, 0.3) is 0 Å². The highest BCUT2D eigenvalue weighted by Gasteiger charge is 2.12. The molecule has 1 aromatic rings. The van der Waals surface area contributed by atoms with Gasteiger partial charge in [0.25, 0.3) is 5.69 Å². The molecular weight excluding hydrogens is 230 g/mol. The molecule has 0 spiro atoms. The average molecular weight is 239 g/mol. The number of nitriles is 1. The third kappa shape index (κ3) is 3.18. The number of nitrogens with zero attached hydrogens (tertiary/aromatic N) is 3. The minimum atomic E-state index is -0.587. The van der Waals surface area contributed by atoms with Gasteiger partial charge >= 0.3 is 0 Å². The molecule has 0 saturated carbocycles. The lowest BCUT2D eigenvalue weighted by atomic mass is 10.3. The third-order valence-corrected chi connectivity index (χ3v) is 2.80. The highest BCUT2D eigenvalue weighted by molar-refractivity contribution is 7.99. The van der Waals surface area contributed by atoms with Gasteiger partial charge in [0, 0.05) is 18.4 Å². The second-order valence-corrected chi connectivity index (χ2v) is 3.92. The summed E-state index contributed by atoms with van der Waals surface area (Å²) in [5, 5.41) is 28.3. The number of aliphatic hydroxyl groups excluding tert-OH is 1. The highest BCUT2D eigenvalue weighted by Crippen LogP contribution is 2.23. The zero-order valence-corrected chi connectivity index (χ0v) is 9.11. The van der Waals surface area contributed by atoms with Gasteiger partial charge in [-0.25, -0.2) is 4.98 Å². The van der Waals surface area contributed by atoms with Gasteiger partial charge in [-0.2, -0.15) is 5.26 Å². The van der Waals surface area contributed by atoms with Crippen molar-refractivity contribution in [1.29, 1.82) is 5.26 Å². The van der Waals surface area contributed by atoms with Gasteiger partial charge in [-0.15, -0.1) is 11.8 Å². The molecule has 0 unspecified atom stereocenters. The fourth-order valence-electron chi connectivity index (χ4n) is 0.970. The van der Waals surface area contributed by atoms with E-state index in [0.29, 0.717) is 17.2 Å². The Kier molecular flexibility index (Phi) is 4.69. The Hall–Kier alpha value is -1.65. The molecule has 7 heteroatoms. The Morgan fingerprint density at radius 2 is 2.44 bits per heavy atom. The maximum absolute atomic E-state index is 10.5. The molecule has 0 aliphatic carbocycles. The van der Waals surface area contributed by atoms with Crippen molar-refractivity contribution in [3.63, 3.8) is 0 Å². The Morgan fingerprint density at radius 3 is 3.00 bits per heavy atom. The number of hydrogen-bond acceptors (Lipinski definition) is 6. The van der Waals surface area contributed by atoms with Crippen LogP contribution in [-0.2, 0) is 0 Å². The monoisotopic (exact) mass is 239 g/mol. The van der Waals surface area contributed by atoms with Crippen molar-refractivity contribution in [2.45, 2.75) is 11.4 Å². The predicted molar refractivity (Wildman–Crippen MR) is 58.0 cm³/mol. The van der Waals surface area contributed by atoms with Crippen molar-refractivity contribution in [1.82, 2.24) is 4.98 Å². The number of pyridine rings is 1. The van der Waals surface area contributed by atoms with Crippen LogP contribution >= 0.6 is 11.8 Å². The van der Waals surface area contributed by atoms with Crippen LogP contribution in [0.2, 0.25) is 0 Å². The molecule has 6 nitrogen and oxygen atoms in total. The maximum atomic E-state index is 10.5. The van der Waals surface area contributed by atoms with Crippen LogP contribution in [-0.4, -0.2) is 27.4 Å². The van der Waals surface area contributed by atoms with Gasteiger partial charge in [-0.05, 0) is 6.42 Å². The van der Waals surface area contributed by atoms with Gasteiger partial charge in [0.15, 0.2) is 0 Å². The number of aliphatic hydroxyl groups is 1. The molecule has 1 heterocycles. The lowest BCUT2D eigenvalue weighted by Gasteiger charge is -2.01. The molecule has 16 heavy (non-hydrogen) atoms. The summed E-state index contributed by atoms with van der Waals surface area (Å²) in [6.07, 6.45) is 1.72. The summed E-state index contributed by atoms with van der Waals surface area (Å²) in [6.45, 7) is 0.0713. The molecule has 0 saturated heterocycles. The summed E-state index contributed by atoms with van der Waals surface area (Å²) in [6, 6.07) is 3.07. The molecule has 0 fully saturated rings. The van der Waals surface area contributed by atoms with Crippen LogP contribution in [0, 0.1) is 21.4 Å². The molecule has 0 bridgehead atoms. The third-order valence-electron chi connectivity index (χ3n) is 1.71. The summed E-state index contributed by atoms with van der Waals surface area (Å²) >= 11 is 1.30. The molecule has 0 aliphatic rings. The van der Waals surface area contributed by atoms with E-state index in [2.05, 4.69) is 4.98 Å².